The summed E-state index contributed by atoms with van der Waals surface area (Å²) in [7, 11) is 0. The molecule has 2 N–H and O–H groups in total. The first kappa shape index (κ1) is 17.0. The summed E-state index contributed by atoms with van der Waals surface area (Å²) in [6.45, 7) is 5.94. The molecule has 6 nitrogen and oxygen atoms in total. The summed E-state index contributed by atoms with van der Waals surface area (Å²) in [5, 5.41) is 11.9. The first-order valence-corrected chi connectivity index (χ1v) is 7.29. The molecule has 0 aliphatic carbocycles. The Morgan fingerprint density at radius 2 is 2.15 bits per heavy atom. The molecule has 0 aromatic rings. The number of nitrogens with zero attached hydrogens (tertiary/aromatic N) is 1. The lowest BCUT2D eigenvalue weighted by atomic mass is 10.2. The predicted octanol–water partition coefficient (Wildman–Crippen LogP) is 1.10. The zero-order valence-corrected chi connectivity index (χ0v) is 12.9. The van der Waals surface area contributed by atoms with Gasteiger partial charge < -0.3 is 15.2 Å². The summed E-state index contributed by atoms with van der Waals surface area (Å²) >= 11 is 5.46. The Labute approximate surface area is 124 Å². The Bertz CT molecular complexity index is 357. The summed E-state index contributed by atoms with van der Waals surface area (Å²) < 4.78 is 5.29. The molecule has 0 bridgehead atoms. The van der Waals surface area contributed by atoms with E-state index in [1.807, 2.05) is 0 Å². The molecule has 0 radical (unpaired) electrons. The maximum Gasteiger partial charge on any atom is 0.410 e. The lowest BCUT2D eigenvalue weighted by molar-refractivity contribution is -0.125. The number of amides is 2. The Hall–Kier alpha value is -1.01. The van der Waals surface area contributed by atoms with Crippen LogP contribution in [0.25, 0.3) is 0 Å². The second-order valence-corrected chi connectivity index (χ2v) is 6.19. The minimum atomic E-state index is -0.781. The molecule has 2 amide bonds. The minimum absolute atomic E-state index is 0.0563. The summed E-state index contributed by atoms with van der Waals surface area (Å²) in [6, 6.07) is -0.535. The number of hydrogen-bond donors (Lipinski definition) is 2. The third-order valence-corrected chi connectivity index (χ3v) is 3.23. The van der Waals surface area contributed by atoms with Gasteiger partial charge in [0.1, 0.15) is 11.6 Å². The van der Waals surface area contributed by atoms with Gasteiger partial charge in [0.2, 0.25) is 5.91 Å². The number of halogens is 1. The first-order valence-electron chi connectivity index (χ1n) is 6.76. The van der Waals surface area contributed by atoms with Crippen LogP contribution in [0, 0.1) is 0 Å². The maximum atomic E-state index is 12.0. The van der Waals surface area contributed by atoms with Crippen molar-refractivity contribution in [2.24, 2.45) is 0 Å². The van der Waals surface area contributed by atoms with Gasteiger partial charge in [-0.25, -0.2) is 4.79 Å². The highest BCUT2D eigenvalue weighted by atomic mass is 35.5. The molecule has 20 heavy (non-hydrogen) atoms. The van der Waals surface area contributed by atoms with E-state index < -0.39 is 23.8 Å². The zero-order valence-electron chi connectivity index (χ0n) is 12.2. The molecule has 0 spiro atoms. The lowest BCUT2D eigenvalue weighted by Crippen LogP contribution is -2.48. The average molecular weight is 307 g/mol. The van der Waals surface area contributed by atoms with Crippen molar-refractivity contribution in [3.63, 3.8) is 0 Å². The monoisotopic (exact) mass is 306 g/mol. The van der Waals surface area contributed by atoms with Crippen LogP contribution in [0.2, 0.25) is 0 Å². The molecule has 0 aromatic carbocycles. The van der Waals surface area contributed by atoms with E-state index in [2.05, 4.69) is 5.32 Å². The van der Waals surface area contributed by atoms with Crippen LogP contribution in [0.1, 0.15) is 33.6 Å². The van der Waals surface area contributed by atoms with Gasteiger partial charge in [0.25, 0.3) is 0 Å². The van der Waals surface area contributed by atoms with E-state index in [1.165, 1.54) is 4.90 Å². The smallest absolute Gasteiger partial charge is 0.410 e. The lowest BCUT2D eigenvalue weighted by Gasteiger charge is -2.28. The van der Waals surface area contributed by atoms with E-state index >= 15 is 0 Å². The highest BCUT2D eigenvalue weighted by molar-refractivity contribution is 6.18. The molecule has 1 heterocycles. The van der Waals surface area contributed by atoms with Gasteiger partial charge >= 0.3 is 6.09 Å². The van der Waals surface area contributed by atoms with Crippen molar-refractivity contribution in [3.05, 3.63) is 0 Å². The molecule has 1 rings (SSSR count). The van der Waals surface area contributed by atoms with Crippen LogP contribution in [-0.2, 0) is 9.53 Å². The first-order chi connectivity index (χ1) is 9.24. The molecule has 2 atom stereocenters. The molecule has 0 aromatic heterocycles. The maximum absolute atomic E-state index is 12.0. The minimum Gasteiger partial charge on any atom is -0.444 e. The van der Waals surface area contributed by atoms with Crippen molar-refractivity contribution in [2.45, 2.75) is 51.4 Å². The van der Waals surface area contributed by atoms with E-state index in [9.17, 15) is 14.7 Å². The van der Waals surface area contributed by atoms with Gasteiger partial charge in [0.05, 0.1) is 12.0 Å². The van der Waals surface area contributed by atoms with Crippen LogP contribution >= 0.6 is 11.6 Å². The van der Waals surface area contributed by atoms with Gasteiger partial charge in [0.15, 0.2) is 0 Å². The fourth-order valence-electron chi connectivity index (χ4n) is 1.97. The molecule has 7 heteroatoms. The van der Waals surface area contributed by atoms with E-state index in [0.717, 1.165) is 6.42 Å². The van der Waals surface area contributed by atoms with Crippen molar-refractivity contribution in [2.75, 3.05) is 19.0 Å². The summed E-state index contributed by atoms with van der Waals surface area (Å²) in [4.78, 5) is 25.5. The number of alkyl halides is 1. The number of ether oxygens (including phenoxy) is 1. The summed E-state index contributed by atoms with van der Waals surface area (Å²) in [5.74, 6) is -0.224. The Morgan fingerprint density at radius 1 is 1.50 bits per heavy atom. The van der Waals surface area contributed by atoms with Crippen LogP contribution in [0.5, 0.6) is 0 Å². The molecular weight excluding hydrogens is 284 g/mol. The van der Waals surface area contributed by atoms with Gasteiger partial charge in [0, 0.05) is 13.1 Å². The Morgan fingerprint density at radius 3 is 2.70 bits per heavy atom. The van der Waals surface area contributed by atoms with Crippen LogP contribution in [0.15, 0.2) is 0 Å². The summed E-state index contributed by atoms with van der Waals surface area (Å²) in [6.07, 6.45) is 0.0993. The van der Waals surface area contributed by atoms with Crippen LogP contribution in [0.4, 0.5) is 4.79 Å². The highest BCUT2D eigenvalue weighted by Crippen LogP contribution is 2.20. The van der Waals surface area contributed by atoms with E-state index in [-0.39, 0.29) is 18.3 Å². The summed E-state index contributed by atoms with van der Waals surface area (Å²) in [5.41, 5.74) is -0.588. The molecule has 116 valence electrons. The number of carbonyl (C=O) groups excluding carboxylic acids is 2. The number of rotatable bonds is 4. The SMILES string of the molecule is CC(C)(C)OC(=O)N1CCCC1C(=O)NCC(O)CCl. The Balaban J connectivity index is 2.56. The van der Waals surface area contributed by atoms with Crippen molar-refractivity contribution in [1.82, 2.24) is 10.2 Å². The predicted molar refractivity (Wildman–Crippen MR) is 75.7 cm³/mol. The fourth-order valence-corrected chi connectivity index (χ4v) is 2.08. The third-order valence-electron chi connectivity index (χ3n) is 2.87. The average Bonchev–Trinajstić information content (AvgIpc) is 2.82. The van der Waals surface area contributed by atoms with Crippen molar-refractivity contribution in [3.8, 4) is 0 Å². The standard InChI is InChI=1S/C13H23ClN2O4/c1-13(2,3)20-12(19)16-6-4-5-10(16)11(18)15-8-9(17)7-14/h9-10,17H,4-8H2,1-3H3,(H,15,18). The molecule has 0 saturated carbocycles. The molecule has 1 fully saturated rings. The molecule has 1 aliphatic rings. The second-order valence-electron chi connectivity index (χ2n) is 5.89. The van der Waals surface area contributed by atoms with Gasteiger partial charge in [-0.3, -0.25) is 9.69 Å². The molecule has 2 unspecified atom stereocenters. The van der Waals surface area contributed by atoms with Gasteiger partial charge in [-0.2, -0.15) is 0 Å². The van der Waals surface area contributed by atoms with Gasteiger partial charge in [-0.15, -0.1) is 11.6 Å². The van der Waals surface area contributed by atoms with Crippen LogP contribution < -0.4 is 5.32 Å². The fraction of sp³-hybridized carbons (Fsp3) is 0.846. The number of hydrogen-bond acceptors (Lipinski definition) is 4. The van der Waals surface area contributed by atoms with Crippen LogP contribution in [0.3, 0.4) is 0 Å². The Kier molecular flexibility index (Phi) is 6.07. The van der Waals surface area contributed by atoms with Crippen molar-refractivity contribution < 1.29 is 19.4 Å². The van der Waals surface area contributed by atoms with Crippen molar-refractivity contribution >= 4 is 23.6 Å². The number of nitrogens with one attached hydrogen (secondary N) is 1. The van der Waals surface area contributed by atoms with Gasteiger partial charge in [-0.05, 0) is 33.6 Å². The normalized spacial score (nSPS) is 20.6. The van der Waals surface area contributed by atoms with E-state index in [0.29, 0.717) is 13.0 Å². The van der Waals surface area contributed by atoms with Gasteiger partial charge in [-0.1, -0.05) is 0 Å². The zero-order chi connectivity index (χ0) is 15.3. The number of aliphatic hydroxyl groups excluding tert-OH is 1. The van der Waals surface area contributed by atoms with E-state index in [1.54, 1.807) is 20.8 Å². The van der Waals surface area contributed by atoms with E-state index in [4.69, 9.17) is 16.3 Å². The third kappa shape index (κ3) is 5.17. The largest absolute Gasteiger partial charge is 0.444 e. The quantitative estimate of drug-likeness (QED) is 0.762. The van der Waals surface area contributed by atoms with Crippen molar-refractivity contribution in [1.29, 1.82) is 0 Å². The highest BCUT2D eigenvalue weighted by Gasteiger charge is 2.36. The molecular formula is C13H23ClN2O4. The topological polar surface area (TPSA) is 78.9 Å². The molecule has 1 aliphatic heterocycles. The molecule has 1 saturated heterocycles. The number of aliphatic hydroxyl groups is 1. The number of carbonyl (C=O) groups is 2. The second kappa shape index (κ2) is 7.13. The number of likely N-dealkylation sites (tertiary alicyclic amines) is 1. The van der Waals surface area contributed by atoms with Crippen LogP contribution in [-0.4, -0.2) is 58.7 Å².